The minimum absolute atomic E-state index is 0.0107. The maximum Gasteiger partial charge on any atom is 0.255 e. The van der Waals surface area contributed by atoms with Crippen LogP contribution in [0.25, 0.3) is 11.3 Å². The lowest BCUT2D eigenvalue weighted by molar-refractivity contribution is -0.128. The average Bonchev–Trinajstić information content (AvgIpc) is 3.45. The first-order chi connectivity index (χ1) is 18.8. The van der Waals surface area contributed by atoms with Crippen molar-refractivity contribution in [3.8, 4) is 28.8 Å². The highest BCUT2D eigenvalue weighted by atomic mass is 19.1. The van der Waals surface area contributed by atoms with Crippen molar-refractivity contribution in [1.82, 2.24) is 25.1 Å². The topological polar surface area (TPSA) is 103 Å². The Balaban J connectivity index is 1.52. The summed E-state index contributed by atoms with van der Waals surface area (Å²) in [6, 6.07) is 6.44. The summed E-state index contributed by atoms with van der Waals surface area (Å²) in [6.07, 6.45) is 4.00. The van der Waals surface area contributed by atoms with Crippen LogP contribution in [0.4, 0.5) is 15.8 Å². The number of carbonyl (C=O) groups excluding carboxylic acids is 2. The first-order valence-corrected chi connectivity index (χ1v) is 12.8. The molecule has 2 aromatic heterocycles. The van der Waals surface area contributed by atoms with Gasteiger partial charge in [-0.15, -0.1) is 0 Å². The highest BCUT2D eigenvalue weighted by Gasteiger charge is 2.50. The van der Waals surface area contributed by atoms with E-state index in [1.54, 1.807) is 36.5 Å². The Morgan fingerprint density at radius 1 is 1.23 bits per heavy atom. The molecule has 1 atom stereocenters. The van der Waals surface area contributed by atoms with Crippen molar-refractivity contribution in [2.24, 2.45) is 5.92 Å². The van der Waals surface area contributed by atoms with E-state index in [4.69, 9.17) is 4.74 Å². The largest absolute Gasteiger partial charge is 0.492 e. The van der Waals surface area contributed by atoms with Gasteiger partial charge in [0.1, 0.15) is 5.92 Å². The van der Waals surface area contributed by atoms with Gasteiger partial charge < -0.3 is 30.2 Å². The summed E-state index contributed by atoms with van der Waals surface area (Å²) in [4.78, 5) is 37.5. The molecule has 1 spiro atoms. The van der Waals surface area contributed by atoms with Crippen molar-refractivity contribution in [1.29, 1.82) is 0 Å². The van der Waals surface area contributed by atoms with E-state index in [1.165, 1.54) is 13.2 Å². The number of halogens is 1. The van der Waals surface area contributed by atoms with E-state index >= 15 is 0 Å². The number of para-hydroxylation sites is 1. The summed E-state index contributed by atoms with van der Waals surface area (Å²) in [6.45, 7) is 2.76. The summed E-state index contributed by atoms with van der Waals surface area (Å²) in [5.74, 6) is 5.26. The van der Waals surface area contributed by atoms with Crippen LogP contribution in [0.5, 0.6) is 5.75 Å². The number of likely N-dealkylation sites (N-methyl/N-ethyl adjacent to an activating group) is 1. The van der Waals surface area contributed by atoms with Crippen LogP contribution in [-0.2, 0) is 10.2 Å². The van der Waals surface area contributed by atoms with Crippen molar-refractivity contribution in [2.45, 2.75) is 11.8 Å². The molecule has 0 bridgehead atoms. The molecule has 200 valence electrons. The molecule has 39 heavy (non-hydrogen) atoms. The Morgan fingerprint density at radius 2 is 2.05 bits per heavy atom. The second-order valence-electron chi connectivity index (χ2n) is 10.5. The Bertz CT molecular complexity index is 1550. The number of carbonyl (C=O) groups is 2. The number of nitrogens with one attached hydrogen (secondary N) is 3. The lowest BCUT2D eigenvalue weighted by Crippen LogP contribution is -2.65. The van der Waals surface area contributed by atoms with Crippen LogP contribution >= 0.6 is 0 Å². The number of methoxy groups -OCH3 is 1. The number of hydrogen-bond donors (Lipinski definition) is 3. The van der Waals surface area contributed by atoms with Crippen LogP contribution in [0.3, 0.4) is 0 Å². The van der Waals surface area contributed by atoms with Gasteiger partial charge in [0.25, 0.3) is 5.91 Å². The molecular formula is C29H29FN6O3. The Morgan fingerprint density at radius 3 is 2.77 bits per heavy atom. The number of amides is 2. The molecule has 2 fully saturated rings. The number of benzene rings is 1. The Hall–Kier alpha value is -4.36. The molecule has 10 heteroatoms. The molecule has 3 aliphatic heterocycles. The highest BCUT2D eigenvalue weighted by Crippen LogP contribution is 2.46. The quantitative estimate of drug-likeness (QED) is 0.450. The van der Waals surface area contributed by atoms with Crippen molar-refractivity contribution < 1.29 is 18.7 Å². The Labute approximate surface area is 225 Å². The van der Waals surface area contributed by atoms with Gasteiger partial charge in [-0.2, -0.15) is 0 Å². The number of ether oxygens (including phenoxy) is 1. The van der Waals surface area contributed by atoms with Crippen LogP contribution < -0.4 is 15.4 Å². The molecule has 1 unspecified atom stereocenters. The highest BCUT2D eigenvalue weighted by molar-refractivity contribution is 6.07. The second kappa shape index (κ2) is 9.43. The maximum atomic E-state index is 14.6. The van der Waals surface area contributed by atoms with E-state index in [0.29, 0.717) is 47.7 Å². The van der Waals surface area contributed by atoms with Crippen LogP contribution in [0.15, 0.2) is 36.7 Å². The molecule has 5 heterocycles. The van der Waals surface area contributed by atoms with Crippen LogP contribution in [-0.4, -0.2) is 79.0 Å². The van der Waals surface area contributed by atoms with Gasteiger partial charge >= 0.3 is 0 Å². The smallest absolute Gasteiger partial charge is 0.255 e. The number of pyridine rings is 1. The fourth-order valence-corrected chi connectivity index (χ4v) is 5.92. The Kier molecular flexibility index (Phi) is 6.03. The van der Waals surface area contributed by atoms with Gasteiger partial charge in [0.2, 0.25) is 5.91 Å². The van der Waals surface area contributed by atoms with E-state index in [0.717, 1.165) is 24.3 Å². The summed E-state index contributed by atoms with van der Waals surface area (Å²) in [5.41, 5.74) is 3.93. The van der Waals surface area contributed by atoms with Crippen LogP contribution in [0, 0.1) is 23.6 Å². The van der Waals surface area contributed by atoms with Gasteiger partial charge in [-0.05, 0) is 31.7 Å². The number of hydrogen-bond acceptors (Lipinski definition) is 6. The molecule has 0 saturated carbocycles. The molecule has 6 rings (SSSR count). The molecule has 0 radical (unpaired) electrons. The summed E-state index contributed by atoms with van der Waals surface area (Å²) in [7, 11) is 5.22. The number of nitrogens with zero attached hydrogens (tertiary/aromatic N) is 3. The number of H-pyrrole nitrogens is 1. The number of fused-ring (bicyclic) bond motifs is 2. The molecule has 3 N–H and O–H groups in total. The lowest BCUT2D eigenvalue weighted by atomic mass is 9.73. The normalized spacial score (nSPS) is 19.7. The van der Waals surface area contributed by atoms with Crippen molar-refractivity contribution in [2.75, 3.05) is 52.7 Å². The molecule has 3 aliphatic rings. The zero-order valence-electron chi connectivity index (χ0n) is 22.0. The number of likely N-dealkylation sites (tertiary alicyclic amines) is 2. The van der Waals surface area contributed by atoms with Gasteiger partial charge in [-0.1, -0.05) is 17.9 Å². The lowest BCUT2D eigenvalue weighted by Gasteiger charge is -2.50. The minimum atomic E-state index is -0.517. The fraction of sp³-hybridized carbons (Fsp3) is 0.345. The average molecular weight is 529 g/mol. The number of aromatic amines is 1. The van der Waals surface area contributed by atoms with Crippen molar-refractivity contribution in [3.63, 3.8) is 0 Å². The van der Waals surface area contributed by atoms with E-state index in [1.807, 2.05) is 13.1 Å². The molecular weight excluding hydrogens is 499 g/mol. The zero-order valence-corrected chi connectivity index (χ0v) is 22.0. The van der Waals surface area contributed by atoms with Gasteiger partial charge in [-0.3, -0.25) is 14.6 Å². The molecule has 3 aromatic rings. The third kappa shape index (κ3) is 4.10. The van der Waals surface area contributed by atoms with Gasteiger partial charge in [0, 0.05) is 56.9 Å². The van der Waals surface area contributed by atoms with Crippen LogP contribution in [0.2, 0.25) is 0 Å². The van der Waals surface area contributed by atoms with Gasteiger partial charge in [0.05, 0.1) is 40.7 Å². The summed E-state index contributed by atoms with van der Waals surface area (Å²) < 4.78 is 19.9. The fourth-order valence-electron chi connectivity index (χ4n) is 5.92. The first kappa shape index (κ1) is 24.9. The SMILES string of the molecule is COc1c(F)cccc1Nc1c(-c2ccncc2C#CC2CCN(C)C2=O)[nH]c2c1C(=O)NCC21CN(C)C1. The van der Waals surface area contributed by atoms with E-state index in [-0.39, 0.29) is 28.9 Å². The predicted octanol–water partition coefficient (Wildman–Crippen LogP) is 2.72. The monoisotopic (exact) mass is 528 g/mol. The molecule has 2 amide bonds. The van der Waals surface area contributed by atoms with Gasteiger partial charge in [-0.25, -0.2) is 4.39 Å². The number of rotatable bonds is 4. The second-order valence-corrected chi connectivity index (χ2v) is 10.5. The number of anilines is 2. The van der Waals surface area contributed by atoms with Gasteiger partial charge in [0.15, 0.2) is 11.6 Å². The van der Waals surface area contributed by atoms with Crippen LogP contribution in [0.1, 0.15) is 28.0 Å². The van der Waals surface area contributed by atoms with E-state index in [9.17, 15) is 14.0 Å². The third-order valence-electron chi connectivity index (χ3n) is 7.82. The summed E-state index contributed by atoms with van der Waals surface area (Å²) in [5, 5.41) is 6.36. The molecule has 9 nitrogen and oxygen atoms in total. The summed E-state index contributed by atoms with van der Waals surface area (Å²) >= 11 is 0. The van der Waals surface area contributed by atoms with E-state index < -0.39 is 5.82 Å². The molecule has 2 saturated heterocycles. The predicted molar refractivity (Wildman–Crippen MR) is 144 cm³/mol. The standard InChI is InChI=1S/C29H29FN6O3/c1-35-15-29(16-35)14-32-27(37)22-24(33-21-6-4-5-20(30)25(21)39-3)23(34-26(22)29)19-9-11-31-13-18(19)8-7-17-10-12-36(2)28(17)38/h4-6,9,11,13,17,33-34H,10,12,14-16H2,1-3H3,(H,32,37). The third-order valence-corrected chi connectivity index (χ3v) is 7.82. The maximum absolute atomic E-state index is 14.6. The van der Waals surface area contributed by atoms with Crippen molar-refractivity contribution >= 4 is 23.2 Å². The number of aromatic nitrogens is 2. The van der Waals surface area contributed by atoms with Crippen molar-refractivity contribution in [3.05, 3.63) is 59.3 Å². The molecule has 0 aliphatic carbocycles. The minimum Gasteiger partial charge on any atom is -0.492 e. The van der Waals surface area contributed by atoms with E-state index in [2.05, 4.69) is 37.3 Å². The zero-order chi connectivity index (χ0) is 27.3. The first-order valence-electron chi connectivity index (χ1n) is 12.8. The molecule has 1 aromatic carbocycles.